The van der Waals surface area contributed by atoms with E-state index in [4.69, 9.17) is 5.73 Å². The zero-order valence-corrected chi connectivity index (χ0v) is 13.5. The molecule has 1 saturated carbocycles. The summed E-state index contributed by atoms with van der Waals surface area (Å²) >= 11 is 0. The van der Waals surface area contributed by atoms with E-state index in [1.54, 1.807) is 0 Å². The van der Waals surface area contributed by atoms with Crippen LogP contribution in [0.25, 0.3) is 0 Å². The van der Waals surface area contributed by atoms with Crippen LogP contribution in [0.15, 0.2) is 0 Å². The second-order valence-corrected chi connectivity index (χ2v) is 6.62. The predicted octanol–water partition coefficient (Wildman–Crippen LogP) is 3.26. The molecule has 0 radical (unpaired) electrons. The molecule has 0 bridgehead atoms. The smallest absolute Gasteiger partial charge is 0.220 e. The highest BCUT2D eigenvalue weighted by atomic mass is 35.5. The molecule has 3 nitrogen and oxygen atoms in total. The number of nitrogens with one attached hydrogen (secondary N) is 1. The van der Waals surface area contributed by atoms with Crippen LogP contribution < -0.4 is 11.1 Å². The third-order valence-corrected chi connectivity index (χ3v) is 3.95. The third kappa shape index (κ3) is 7.17. The molecule has 19 heavy (non-hydrogen) atoms. The second kappa shape index (κ2) is 8.80. The van der Waals surface area contributed by atoms with Crippen molar-refractivity contribution in [2.24, 2.45) is 17.6 Å². The van der Waals surface area contributed by atoms with E-state index in [-0.39, 0.29) is 23.9 Å². The number of nitrogens with two attached hydrogens (primary N) is 1. The van der Waals surface area contributed by atoms with Crippen LogP contribution in [0.4, 0.5) is 0 Å². The van der Waals surface area contributed by atoms with E-state index in [0.717, 1.165) is 6.42 Å². The number of amides is 1. The van der Waals surface area contributed by atoms with Crippen molar-refractivity contribution in [1.29, 1.82) is 0 Å². The van der Waals surface area contributed by atoms with Crippen LogP contribution in [-0.2, 0) is 4.79 Å². The third-order valence-electron chi connectivity index (χ3n) is 3.95. The summed E-state index contributed by atoms with van der Waals surface area (Å²) in [7, 11) is 0. The molecule has 1 aliphatic carbocycles. The normalized spacial score (nSPS) is 19.6. The molecule has 1 rings (SSSR count). The van der Waals surface area contributed by atoms with Gasteiger partial charge in [0.05, 0.1) is 0 Å². The Bertz CT molecular complexity index is 265. The zero-order chi connectivity index (χ0) is 13.6. The minimum Gasteiger partial charge on any atom is -0.350 e. The van der Waals surface area contributed by atoms with Crippen molar-refractivity contribution in [3.63, 3.8) is 0 Å². The lowest BCUT2D eigenvalue weighted by Gasteiger charge is -2.32. The fraction of sp³-hybridized carbons (Fsp3) is 0.933. The van der Waals surface area contributed by atoms with Gasteiger partial charge in [0.2, 0.25) is 5.91 Å². The predicted molar refractivity (Wildman–Crippen MR) is 83.5 cm³/mol. The summed E-state index contributed by atoms with van der Waals surface area (Å²) in [5, 5.41) is 3.16. The van der Waals surface area contributed by atoms with Crippen LogP contribution in [-0.4, -0.2) is 18.0 Å². The molecule has 0 heterocycles. The molecule has 114 valence electrons. The summed E-state index contributed by atoms with van der Waals surface area (Å²) in [6, 6.07) is 0. The van der Waals surface area contributed by atoms with Gasteiger partial charge in [-0.05, 0) is 38.0 Å². The van der Waals surface area contributed by atoms with Gasteiger partial charge in [-0.25, -0.2) is 0 Å². The highest BCUT2D eigenvalue weighted by Gasteiger charge is 2.27. The van der Waals surface area contributed by atoms with Gasteiger partial charge in [0, 0.05) is 18.5 Å². The molecular formula is C15H31ClN2O. The molecule has 1 unspecified atom stereocenters. The minimum atomic E-state index is -0.236. The summed E-state index contributed by atoms with van der Waals surface area (Å²) in [5.41, 5.74) is 5.59. The second-order valence-electron chi connectivity index (χ2n) is 6.62. The number of hydrogen-bond donors (Lipinski definition) is 2. The van der Waals surface area contributed by atoms with E-state index in [0.29, 0.717) is 24.8 Å². The van der Waals surface area contributed by atoms with Crippen LogP contribution in [0.3, 0.4) is 0 Å². The molecule has 1 fully saturated rings. The Morgan fingerprint density at radius 3 is 2.37 bits per heavy atom. The van der Waals surface area contributed by atoms with Crippen LogP contribution in [0.5, 0.6) is 0 Å². The van der Waals surface area contributed by atoms with Crippen molar-refractivity contribution in [1.82, 2.24) is 5.32 Å². The summed E-state index contributed by atoms with van der Waals surface area (Å²) in [6.07, 6.45) is 7.99. The van der Waals surface area contributed by atoms with Crippen molar-refractivity contribution < 1.29 is 4.79 Å². The Kier molecular flexibility index (Phi) is 8.67. The molecule has 0 aromatic rings. The van der Waals surface area contributed by atoms with Crippen LogP contribution in [0.1, 0.15) is 65.7 Å². The number of carbonyl (C=O) groups excluding carboxylic acids is 1. The van der Waals surface area contributed by atoms with Crippen molar-refractivity contribution >= 4 is 18.3 Å². The highest BCUT2D eigenvalue weighted by molar-refractivity contribution is 5.85. The average Bonchev–Trinajstić information content (AvgIpc) is 2.28. The summed E-state index contributed by atoms with van der Waals surface area (Å²) in [5.74, 6) is 1.34. The van der Waals surface area contributed by atoms with Crippen molar-refractivity contribution in [3.05, 3.63) is 0 Å². The number of carbonyl (C=O) groups is 1. The lowest BCUT2D eigenvalue weighted by Crippen LogP contribution is -2.52. The Morgan fingerprint density at radius 1 is 1.32 bits per heavy atom. The Morgan fingerprint density at radius 2 is 1.89 bits per heavy atom. The molecule has 3 N–H and O–H groups in total. The Hall–Kier alpha value is -0.280. The molecule has 1 amide bonds. The standard InChI is InChI=1S/C15H30N2O.ClH/c1-12(2)10-15(3,11-16)17-14(18)9-13-7-5-4-6-8-13;/h12-13H,4-11,16H2,1-3H3,(H,17,18);1H. The maximum absolute atomic E-state index is 12.1. The first kappa shape index (κ1) is 18.7. The van der Waals surface area contributed by atoms with Gasteiger partial charge in [-0.1, -0.05) is 33.1 Å². The molecular weight excluding hydrogens is 260 g/mol. The Balaban J connectivity index is 0.00000324. The summed E-state index contributed by atoms with van der Waals surface area (Å²) in [4.78, 5) is 12.1. The van der Waals surface area contributed by atoms with Gasteiger partial charge in [0.15, 0.2) is 0 Å². The number of halogens is 1. The van der Waals surface area contributed by atoms with Gasteiger partial charge in [-0.2, -0.15) is 0 Å². The van der Waals surface area contributed by atoms with Gasteiger partial charge in [0.25, 0.3) is 0 Å². The van der Waals surface area contributed by atoms with E-state index in [9.17, 15) is 4.79 Å². The van der Waals surface area contributed by atoms with E-state index in [2.05, 4.69) is 26.1 Å². The fourth-order valence-electron chi connectivity index (χ4n) is 3.13. The van der Waals surface area contributed by atoms with Crippen LogP contribution in [0.2, 0.25) is 0 Å². The van der Waals surface area contributed by atoms with Crippen molar-refractivity contribution in [3.8, 4) is 0 Å². The molecule has 0 spiro atoms. The van der Waals surface area contributed by atoms with Crippen LogP contribution in [0, 0.1) is 11.8 Å². The molecule has 1 aliphatic rings. The van der Waals surface area contributed by atoms with Crippen LogP contribution >= 0.6 is 12.4 Å². The minimum absolute atomic E-state index is 0. The van der Waals surface area contributed by atoms with E-state index in [1.807, 2.05) is 0 Å². The topological polar surface area (TPSA) is 55.1 Å². The zero-order valence-electron chi connectivity index (χ0n) is 12.7. The maximum Gasteiger partial charge on any atom is 0.220 e. The molecule has 4 heteroatoms. The molecule has 0 aromatic carbocycles. The molecule has 1 atom stereocenters. The largest absolute Gasteiger partial charge is 0.350 e. The first-order chi connectivity index (χ1) is 8.45. The van der Waals surface area contributed by atoms with E-state index < -0.39 is 0 Å². The van der Waals surface area contributed by atoms with Gasteiger partial charge in [-0.3, -0.25) is 4.79 Å². The van der Waals surface area contributed by atoms with E-state index >= 15 is 0 Å². The summed E-state index contributed by atoms with van der Waals surface area (Å²) < 4.78 is 0. The van der Waals surface area contributed by atoms with Gasteiger partial charge in [-0.15, -0.1) is 12.4 Å². The average molecular weight is 291 g/mol. The molecule has 0 aliphatic heterocycles. The van der Waals surface area contributed by atoms with Crippen molar-refractivity contribution in [2.45, 2.75) is 71.3 Å². The quantitative estimate of drug-likeness (QED) is 0.789. The van der Waals surface area contributed by atoms with Gasteiger partial charge in [0.1, 0.15) is 0 Å². The van der Waals surface area contributed by atoms with Gasteiger partial charge < -0.3 is 11.1 Å². The maximum atomic E-state index is 12.1. The fourth-order valence-corrected chi connectivity index (χ4v) is 3.13. The number of hydrogen-bond acceptors (Lipinski definition) is 2. The summed E-state index contributed by atoms with van der Waals surface area (Å²) in [6.45, 7) is 6.91. The lowest BCUT2D eigenvalue weighted by atomic mass is 9.86. The molecule has 0 aromatic heterocycles. The first-order valence-electron chi connectivity index (χ1n) is 7.46. The Labute approximate surface area is 124 Å². The van der Waals surface area contributed by atoms with Gasteiger partial charge >= 0.3 is 0 Å². The first-order valence-corrected chi connectivity index (χ1v) is 7.46. The SMILES string of the molecule is CC(C)CC(C)(CN)NC(=O)CC1CCCCC1.Cl. The van der Waals surface area contributed by atoms with Crippen molar-refractivity contribution in [2.75, 3.05) is 6.54 Å². The lowest BCUT2D eigenvalue weighted by molar-refractivity contribution is -0.124. The number of rotatable bonds is 6. The molecule has 0 saturated heterocycles. The monoisotopic (exact) mass is 290 g/mol. The van der Waals surface area contributed by atoms with E-state index in [1.165, 1.54) is 32.1 Å². The highest BCUT2D eigenvalue weighted by Crippen LogP contribution is 2.26.